The van der Waals surface area contributed by atoms with Gasteiger partial charge >= 0.3 is 0 Å². The predicted molar refractivity (Wildman–Crippen MR) is 42.9 cm³/mol. The fourth-order valence-electron chi connectivity index (χ4n) is 0.913. The molecule has 0 radical (unpaired) electrons. The second kappa shape index (κ2) is 4.31. The minimum absolute atomic E-state index is 0.178. The first kappa shape index (κ1) is 10.4. The van der Waals surface area contributed by atoms with Crippen LogP contribution < -0.4 is 11.5 Å². The van der Waals surface area contributed by atoms with Crippen molar-refractivity contribution in [2.45, 2.75) is 25.3 Å². The SMILES string of the molecule is CCC(N)(COC)CC(N)=O. The molecule has 0 aromatic carbocycles. The highest BCUT2D eigenvalue weighted by Crippen LogP contribution is 2.10. The number of hydrogen-bond donors (Lipinski definition) is 2. The molecule has 1 amide bonds. The fraction of sp³-hybridized carbons (Fsp3) is 0.857. The number of ether oxygens (including phenoxy) is 1. The van der Waals surface area contributed by atoms with Crippen LogP contribution in [0.5, 0.6) is 0 Å². The van der Waals surface area contributed by atoms with E-state index in [0.29, 0.717) is 13.0 Å². The number of amides is 1. The quantitative estimate of drug-likeness (QED) is 0.575. The normalized spacial score (nSPS) is 15.9. The highest BCUT2D eigenvalue weighted by Gasteiger charge is 2.24. The standard InChI is InChI=1S/C7H16N2O2/c1-3-7(9,5-11-2)4-6(8)10/h3-5,9H2,1-2H3,(H2,8,10). The Kier molecular flexibility index (Phi) is 4.07. The van der Waals surface area contributed by atoms with E-state index >= 15 is 0 Å². The molecule has 0 aromatic rings. The van der Waals surface area contributed by atoms with E-state index in [4.69, 9.17) is 16.2 Å². The first-order chi connectivity index (χ1) is 5.04. The van der Waals surface area contributed by atoms with E-state index in [1.54, 1.807) is 7.11 Å². The summed E-state index contributed by atoms with van der Waals surface area (Å²) in [6.45, 7) is 2.27. The summed E-state index contributed by atoms with van der Waals surface area (Å²) in [5.41, 5.74) is 10.2. The molecule has 0 aromatic heterocycles. The van der Waals surface area contributed by atoms with Gasteiger partial charge in [-0.2, -0.15) is 0 Å². The molecule has 0 rings (SSSR count). The molecular formula is C7H16N2O2. The molecule has 11 heavy (non-hydrogen) atoms. The Hall–Kier alpha value is -0.610. The van der Waals surface area contributed by atoms with E-state index in [2.05, 4.69) is 0 Å². The summed E-state index contributed by atoms with van der Waals surface area (Å²) in [4.78, 5) is 10.5. The van der Waals surface area contributed by atoms with Crippen molar-refractivity contribution >= 4 is 5.91 Å². The minimum Gasteiger partial charge on any atom is -0.383 e. The first-order valence-corrected chi connectivity index (χ1v) is 3.60. The molecule has 4 heteroatoms. The Morgan fingerprint density at radius 2 is 2.18 bits per heavy atom. The molecule has 4 N–H and O–H groups in total. The van der Waals surface area contributed by atoms with Gasteiger partial charge < -0.3 is 16.2 Å². The number of hydrogen-bond acceptors (Lipinski definition) is 3. The van der Waals surface area contributed by atoms with Crippen LogP contribution in [0.4, 0.5) is 0 Å². The smallest absolute Gasteiger partial charge is 0.219 e. The van der Waals surface area contributed by atoms with Crippen molar-refractivity contribution in [3.63, 3.8) is 0 Å². The first-order valence-electron chi connectivity index (χ1n) is 3.60. The van der Waals surface area contributed by atoms with Gasteiger partial charge in [-0.15, -0.1) is 0 Å². The summed E-state index contributed by atoms with van der Waals surface area (Å²) in [7, 11) is 1.55. The Morgan fingerprint density at radius 3 is 2.45 bits per heavy atom. The van der Waals surface area contributed by atoms with Crippen LogP contribution in [0.15, 0.2) is 0 Å². The van der Waals surface area contributed by atoms with E-state index in [1.165, 1.54) is 0 Å². The molecule has 4 nitrogen and oxygen atoms in total. The summed E-state index contributed by atoms with van der Waals surface area (Å²) in [6.07, 6.45) is 0.862. The van der Waals surface area contributed by atoms with Crippen LogP contribution in [-0.4, -0.2) is 25.2 Å². The predicted octanol–water partition coefficient (Wildman–Crippen LogP) is -0.384. The van der Waals surface area contributed by atoms with Gasteiger partial charge in [-0.25, -0.2) is 0 Å². The molecule has 1 atom stereocenters. The number of nitrogens with two attached hydrogens (primary N) is 2. The van der Waals surface area contributed by atoms with Crippen LogP contribution in [0, 0.1) is 0 Å². The zero-order chi connectivity index (χ0) is 8.91. The molecule has 0 aliphatic heterocycles. The summed E-state index contributed by atoms with van der Waals surface area (Å²) >= 11 is 0. The van der Waals surface area contributed by atoms with Crippen molar-refractivity contribution in [2.75, 3.05) is 13.7 Å². The Morgan fingerprint density at radius 1 is 1.64 bits per heavy atom. The van der Waals surface area contributed by atoms with Crippen molar-refractivity contribution in [1.29, 1.82) is 0 Å². The average molecular weight is 160 g/mol. The molecular weight excluding hydrogens is 144 g/mol. The van der Waals surface area contributed by atoms with Crippen LogP contribution in [0.3, 0.4) is 0 Å². The van der Waals surface area contributed by atoms with Gasteiger partial charge in [-0.1, -0.05) is 6.92 Å². The lowest BCUT2D eigenvalue weighted by molar-refractivity contribution is -0.119. The van der Waals surface area contributed by atoms with Crippen molar-refractivity contribution in [1.82, 2.24) is 0 Å². The number of rotatable bonds is 5. The van der Waals surface area contributed by atoms with Gasteiger partial charge in [0.05, 0.1) is 6.61 Å². The van der Waals surface area contributed by atoms with Gasteiger partial charge in [0.15, 0.2) is 0 Å². The summed E-state index contributed by atoms with van der Waals surface area (Å²) in [5, 5.41) is 0. The molecule has 0 spiro atoms. The van der Waals surface area contributed by atoms with Crippen LogP contribution in [0.2, 0.25) is 0 Å². The topological polar surface area (TPSA) is 78.3 Å². The monoisotopic (exact) mass is 160 g/mol. The highest BCUT2D eigenvalue weighted by molar-refractivity contribution is 5.75. The number of primary amides is 1. The molecule has 0 saturated heterocycles. The van der Waals surface area contributed by atoms with Crippen molar-refractivity contribution in [3.05, 3.63) is 0 Å². The number of carbonyl (C=O) groups is 1. The third kappa shape index (κ3) is 3.95. The Bertz CT molecular complexity index is 138. The van der Waals surface area contributed by atoms with Crippen LogP contribution in [0.25, 0.3) is 0 Å². The van der Waals surface area contributed by atoms with Gasteiger partial charge in [0.2, 0.25) is 5.91 Å². The molecule has 0 saturated carbocycles. The van der Waals surface area contributed by atoms with Gasteiger partial charge in [-0.05, 0) is 6.42 Å². The van der Waals surface area contributed by atoms with E-state index in [9.17, 15) is 4.79 Å². The molecule has 0 heterocycles. The largest absolute Gasteiger partial charge is 0.383 e. The van der Waals surface area contributed by atoms with Crippen molar-refractivity contribution in [2.24, 2.45) is 11.5 Å². The van der Waals surface area contributed by atoms with Crippen molar-refractivity contribution < 1.29 is 9.53 Å². The second-order valence-electron chi connectivity index (χ2n) is 2.79. The van der Waals surface area contributed by atoms with E-state index in [1.807, 2.05) is 6.92 Å². The van der Waals surface area contributed by atoms with E-state index < -0.39 is 5.54 Å². The fourth-order valence-corrected chi connectivity index (χ4v) is 0.913. The van der Waals surface area contributed by atoms with Gasteiger partial charge in [-0.3, -0.25) is 4.79 Å². The maximum absolute atomic E-state index is 10.5. The van der Waals surface area contributed by atoms with Gasteiger partial charge in [0.1, 0.15) is 0 Å². The zero-order valence-corrected chi connectivity index (χ0v) is 7.09. The van der Waals surface area contributed by atoms with Crippen molar-refractivity contribution in [3.8, 4) is 0 Å². The van der Waals surface area contributed by atoms with E-state index in [-0.39, 0.29) is 12.3 Å². The number of carbonyl (C=O) groups excluding carboxylic acids is 1. The third-order valence-electron chi connectivity index (χ3n) is 1.66. The van der Waals surface area contributed by atoms with E-state index in [0.717, 1.165) is 0 Å². The molecule has 0 fully saturated rings. The molecule has 66 valence electrons. The lowest BCUT2D eigenvalue weighted by atomic mass is 9.94. The zero-order valence-electron chi connectivity index (χ0n) is 7.09. The minimum atomic E-state index is -0.583. The highest BCUT2D eigenvalue weighted by atomic mass is 16.5. The van der Waals surface area contributed by atoms with Crippen LogP contribution >= 0.6 is 0 Å². The summed E-state index contributed by atoms with van der Waals surface area (Å²) in [6, 6.07) is 0. The van der Waals surface area contributed by atoms with Crippen LogP contribution in [-0.2, 0) is 9.53 Å². The van der Waals surface area contributed by atoms with Crippen LogP contribution in [0.1, 0.15) is 19.8 Å². The lowest BCUT2D eigenvalue weighted by Gasteiger charge is -2.25. The molecule has 1 unspecified atom stereocenters. The van der Waals surface area contributed by atoms with Gasteiger partial charge in [0.25, 0.3) is 0 Å². The third-order valence-corrected chi connectivity index (χ3v) is 1.66. The molecule has 0 aliphatic rings. The second-order valence-corrected chi connectivity index (χ2v) is 2.79. The Balaban J connectivity index is 3.98. The summed E-state index contributed by atoms with van der Waals surface area (Å²) < 4.78 is 4.87. The maximum atomic E-state index is 10.5. The summed E-state index contributed by atoms with van der Waals surface area (Å²) in [5.74, 6) is -0.383. The molecule has 0 bridgehead atoms. The average Bonchev–Trinajstić information content (AvgIpc) is 1.87. The Labute approximate surface area is 66.9 Å². The lowest BCUT2D eigenvalue weighted by Crippen LogP contribution is -2.46. The number of methoxy groups -OCH3 is 1. The van der Waals surface area contributed by atoms with Gasteiger partial charge in [0, 0.05) is 19.1 Å². The maximum Gasteiger partial charge on any atom is 0.219 e. The molecule has 0 aliphatic carbocycles.